The second kappa shape index (κ2) is 4.39. The normalized spacial score (nSPS) is 23.6. The molecule has 1 spiro atoms. The standard InChI is InChI=1S/C14H19FN2/c15-13-4-2-12(3-5-13)8-17-7-1-6-14(11-17)9-16-10-14/h2-5,16H,1,6-11H2. The molecule has 0 bridgehead atoms. The predicted molar refractivity (Wildman–Crippen MR) is 66.2 cm³/mol. The highest BCUT2D eigenvalue weighted by Crippen LogP contribution is 2.33. The van der Waals surface area contributed by atoms with Crippen LogP contribution >= 0.6 is 0 Å². The van der Waals surface area contributed by atoms with Crippen molar-refractivity contribution in [2.24, 2.45) is 5.41 Å². The molecule has 2 aliphatic rings. The monoisotopic (exact) mass is 234 g/mol. The van der Waals surface area contributed by atoms with E-state index in [1.165, 1.54) is 44.6 Å². The lowest BCUT2D eigenvalue weighted by Crippen LogP contribution is -2.60. The summed E-state index contributed by atoms with van der Waals surface area (Å²) in [7, 11) is 0. The van der Waals surface area contributed by atoms with Gasteiger partial charge in [0.15, 0.2) is 0 Å². The zero-order valence-corrected chi connectivity index (χ0v) is 10.1. The van der Waals surface area contributed by atoms with Gasteiger partial charge < -0.3 is 5.32 Å². The summed E-state index contributed by atoms with van der Waals surface area (Å²) in [5, 5.41) is 3.39. The Morgan fingerprint density at radius 2 is 2.00 bits per heavy atom. The average Bonchev–Trinajstić information content (AvgIpc) is 2.31. The Morgan fingerprint density at radius 1 is 1.24 bits per heavy atom. The van der Waals surface area contributed by atoms with E-state index in [1.54, 1.807) is 12.1 Å². The van der Waals surface area contributed by atoms with Gasteiger partial charge in [0, 0.05) is 31.6 Å². The van der Waals surface area contributed by atoms with Crippen LogP contribution in [0.5, 0.6) is 0 Å². The number of nitrogens with one attached hydrogen (secondary N) is 1. The van der Waals surface area contributed by atoms with Crippen molar-refractivity contribution in [1.82, 2.24) is 10.2 Å². The number of hydrogen-bond donors (Lipinski definition) is 1. The number of hydrogen-bond acceptors (Lipinski definition) is 2. The van der Waals surface area contributed by atoms with Crippen LogP contribution in [0.15, 0.2) is 24.3 Å². The third-order valence-corrected chi connectivity index (χ3v) is 4.06. The van der Waals surface area contributed by atoms with E-state index < -0.39 is 0 Å². The molecule has 1 N–H and O–H groups in total. The topological polar surface area (TPSA) is 15.3 Å². The lowest BCUT2D eigenvalue weighted by molar-refractivity contribution is 0.0375. The fourth-order valence-corrected chi connectivity index (χ4v) is 3.06. The Balaban J connectivity index is 1.63. The third-order valence-electron chi connectivity index (χ3n) is 4.06. The minimum Gasteiger partial charge on any atom is -0.315 e. The van der Waals surface area contributed by atoms with Crippen LogP contribution in [-0.2, 0) is 6.54 Å². The Morgan fingerprint density at radius 3 is 2.65 bits per heavy atom. The number of nitrogens with zero attached hydrogens (tertiary/aromatic N) is 1. The molecule has 3 heteroatoms. The Kier molecular flexibility index (Phi) is 2.89. The highest BCUT2D eigenvalue weighted by Gasteiger charge is 2.40. The molecule has 0 atom stereocenters. The Bertz CT molecular complexity index is 384. The van der Waals surface area contributed by atoms with Gasteiger partial charge in [-0.15, -0.1) is 0 Å². The van der Waals surface area contributed by atoms with E-state index in [-0.39, 0.29) is 5.82 Å². The molecule has 2 aliphatic heterocycles. The van der Waals surface area contributed by atoms with Gasteiger partial charge in [-0.2, -0.15) is 0 Å². The number of benzene rings is 1. The highest BCUT2D eigenvalue weighted by molar-refractivity contribution is 5.16. The molecule has 2 saturated heterocycles. The molecule has 2 nitrogen and oxygen atoms in total. The van der Waals surface area contributed by atoms with Crippen molar-refractivity contribution in [2.45, 2.75) is 19.4 Å². The van der Waals surface area contributed by atoms with Gasteiger partial charge in [-0.25, -0.2) is 4.39 Å². The molecule has 0 unspecified atom stereocenters. The van der Waals surface area contributed by atoms with Gasteiger partial charge in [0.2, 0.25) is 0 Å². The van der Waals surface area contributed by atoms with Gasteiger partial charge in [0.1, 0.15) is 5.82 Å². The van der Waals surface area contributed by atoms with Crippen molar-refractivity contribution in [3.05, 3.63) is 35.6 Å². The maximum Gasteiger partial charge on any atom is 0.123 e. The van der Waals surface area contributed by atoms with E-state index in [1.807, 2.05) is 12.1 Å². The Labute approximate surface area is 102 Å². The lowest BCUT2D eigenvalue weighted by Gasteiger charge is -2.49. The van der Waals surface area contributed by atoms with Gasteiger partial charge >= 0.3 is 0 Å². The van der Waals surface area contributed by atoms with Crippen molar-refractivity contribution >= 4 is 0 Å². The summed E-state index contributed by atoms with van der Waals surface area (Å²) in [6.07, 6.45) is 2.66. The summed E-state index contributed by atoms with van der Waals surface area (Å²) in [6, 6.07) is 6.91. The first kappa shape index (κ1) is 11.2. The molecule has 17 heavy (non-hydrogen) atoms. The smallest absolute Gasteiger partial charge is 0.123 e. The molecule has 0 amide bonds. The number of likely N-dealkylation sites (tertiary alicyclic amines) is 1. The van der Waals surface area contributed by atoms with Crippen LogP contribution in [0, 0.1) is 11.2 Å². The maximum atomic E-state index is 12.8. The van der Waals surface area contributed by atoms with Crippen LogP contribution in [0.3, 0.4) is 0 Å². The van der Waals surface area contributed by atoms with Gasteiger partial charge in [0.25, 0.3) is 0 Å². The zero-order chi connectivity index (χ0) is 11.7. The molecule has 1 aromatic carbocycles. The molecule has 3 rings (SSSR count). The second-order valence-electron chi connectivity index (χ2n) is 5.54. The van der Waals surface area contributed by atoms with Crippen molar-refractivity contribution in [3.8, 4) is 0 Å². The van der Waals surface area contributed by atoms with Gasteiger partial charge in [-0.3, -0.25) is 4.90 Å². The van der Waals surface area contributed by atoms with Crippen molar-refractivity contribution in [1.29, 1.82) is 0 Å². The minimum atomic E-state index is -0.146. The van der Waals surface area contributed by atoms with Gasteiger partial charge in [-0.05, 0) is 37.1 Å². The van der Waals surface area contributed by atoms with E-state index in [4.69, 9.17) is 0 Å². The summed E-state index contributed by atoms with van der Waals surface area (Å²) < 4.78 is 12.8. The van der Waals surface area contributed by atoms with Crippen LogP contribution in [0.25, 0.3) is 0 Å². The fourth-order valence-electron chi connectivity index (χ4n) is 3.06. The van der Waals surface area contributed by atoms with Crippen LogP contribution in [0.4, 0.5) is 4.39 Å². The molecule has 1 aromatic rings. The molecule has 0 aromatic heterocycles. The molecular formula is C14H19FN2. The SMILES string of the molecule is Fc1ccc(CN2CCCC3(CNC3)C2)cc1. The molecule has 2 heterocycles. The molecular weight excluding hydrogens is 215 g/mol. The molecule has 0 radical (unpaired) electrons. The number of halogens is 1. The van der Waals surface area contributed by atoms with E-state index >= 15 is 0 Å². The highest BCUT2D eigenvalue weighted by atomic mass is 19.1. The van der Waals surface area contributed by atoms with Crippen LogP contribution < -0.4 is 5.32 Å². The second-order valence-corrected chi connectivity index (χ2v) is 5.54. The summed E-state index contributed by atoms with van der Waals surface area (Å²) in [5.41, 5.74) is 1.76. The first-order chi connectivity index (χ1) is 8.26. The predicted octanol–water partition coefficient (Wildman–Crippen LogP) is 2.01. The summed E-state index contributed by atoms with van der Waals surface area (Å²) in [6.45, 7) is 5.68. The number of rotatable bonds is 2. The average molecular weight is 234 g/mol. The minimum absolute atomic E-state index is 0.146. The maximum absolute atomic E-state index is 12.8. The molecule has 0 aliphatic carbocycles. The summed E-state index contributed by atoms with van der Waals surface area (Å²) >= 11 is 0. The largest absolute Gasteiger partial charge is 0.315 e. The Hall–Kier alpha value is -0.930. The van der Waals surface area contributed by atoms with Gasteiger partial charge in [-0.1, -0.05) is 12.1 Å². The van der Waals surface area contributed by atoms with Gasteiger partial charge in [0.05, 0.1) is 0 Å². The summed E-state index contributed by atoms with van der Waals surface area (Å²) in [5.74, 6) is -0.146. The quantitative estimate of drug-likeness (QED) is 0.842. The van der Waals surface area contributed by atoms with E-state index in [0.29, 0.717) is 5.41 Å². The van der Waals surface area contributed by atoms with Crippen molar-refractivity contribution in [2.75, 3.05) is 26.2 Å². The fraction of sp³-hybridized carbons (Fsp3) is 0.571. The van der Waals surface area contributed by atoms with E-state index in [2.05, 4.69) is 10.2 Å². The van der Waals surface area contributed by atoms with Crippen LogP contribution in [0.2, 0.25) is 0 Å². The van der Waals surface area contributed by atoms with E-state index in [0.717, 1.165) is 6.54 Å². The van der Waals surface area contributed by atoms with Crippen LogP contribution in [-0.4, -0.2) is 31.1 Å². The van der Waals surface area contributed by atoms with Crippen molar-refractivity contribution in [3.63, 3.8) is 0 Å². The van der Waals surface area contributed by atoms with E-state index in [9.17, 15) is 4.39 Å². The third kappa shape index (κ3) is 2.35. The lowest BCUT2D eigenvalue weighted by atomic mass is 9.75. The first-order valence-electron chi connectivity index (χ1n) is 6.43. The molecule has 2 fully saturated rings. The van der Waals surface area contributed by atoms with Crippen molar-refractivity contribution < 1.29 is 4.39 Å². The molecule has 0 saturated carbocycles. The first-order valence-corrected chi connectivity index (χ1v) is 6.43. The van der Waals surface area contributed by atoms with Crippen LogP contribution in [0.1, 0.15) is 18.4 Å². The molecule has 92 valence electrons. The zero-order valence-electron chi connectivity index (χ0n) is 10.1. The number of piperidine rings is 1. The summed E-state index contributed by atoms with van der Waals surface area (Å²) in [4.78, 5) is 2.51.